The fourth-order valence-electron chi connectivity index (χ4n) is 3.41. The molecule has 1 aliphatic heterocycles. The quantitative estimate of drug-likeness (QED) is 0.863. The molecule has 4 rings (SSSR count). The van der Waals surface area contributed by atoms with Gasteiger partial charge in [-0.3, -0.25) is 0 Å². The first-order chi connectivity index (χ1) is 10.9. The van der Waals surface area contributed by atoms with Crippen LogP contribution in [0.5, 0.6) is 0 Å². The van der Waals surface area contributed by atoms with Gasteiger partial charge in [0.05, 0.1) is 0 Å². The van der Waals surface area contributed by atoms with Gasteiger partial charge in [0, 0.05) is 19.0 Å². The Morgan fingerprint density at radius 1 is 1.09 bits per heavy atom. The van der Waals surface area contributed by atoms with Crippen molar-refractivity contribution in [2.75, 3.05) is 18.0 Å². The number of rotatable bonds is 3. The second-order valence-electron chi connectivity index (χ2n) is 6.22. The molecule has 1 aromatic carbocycles. The molecule has 1 saturated heterocycles. The second-order valence-corrected chi connectivity index (χ2v) is 6.22. The lowest BCUT2D eigenvalue weighted by atomic mass is 10.1. The molecular weight excluding hydrogens is 274 g/mol. The molecule has 2 fully saturated rings. The summed E-state index contributed by atoms with van der Waals surface area (Å²) in [6.07, 6.45) is 4.65. The van der Waals surface area contributed by atoms with Crippen LogP contribution in [0, 0.1) is 11.3 Å². The minimum absolute atomic E-state index is 0.327. The van der Waals surface area contributed by atoms with Crippen LogP contribution in [0.3, 0.4) is 0 Å². The molecule has 0 bridgehead atoms. The van der Waals surface area contributed by atoms with Gasteiger partial charge in [0.15, 0.2) is 0 Å². The van der Waals surface area contributed by atoms with Crippen molar-refractivity contribution >= 4 is 5.88 Å². The van der Waals surface area contributed by atoms with Gasteiger partial charge in [-0.25, -0.2) is 4.98 Å². The topological polar surface area (TPSA) is 53.1 Å². The number of oxazole rings is 1. The largest absolute Gasteiger partial charge is 0.423 e. The highest BCUT2D eigenvalue weighted by Gasteiger charge is 2.44. The fraction of sp³-hybridized carbons (Fsp3) is 0.444. The average Bonchev–Trinajstić information content (AvgIpc) is 3.28. The van der Waals surface area contributed by atoms with Crippen molar-refractivity contribution in [3.8, 4) is 6.07 Å². The Labute approximate surface area is 130 Å². The molecule has 0 amide bonds. The van der Waals surface area contributed by atoms with Crippen molar-refractivity contribution < 1.29 is 4.42 Å². The second kappa shape index (κ2) is 5.49. The summed E-state index contributed by atoms with van der Waals surface area (Å²) in [4.78, 5) is 6.65. The van der Waals surface area contributed by atoms with Gasteiger partial charge in [0.2, 0.25) is 17.5 Å². The van der Waals surface area contributed by atoms with E-state index in [1.165, 1.54) is 12.0 Å². The lowest BCUT2D eigenvalue weighted by Crippen LogP contribution is -2.29. The van der Waals surface area contributed by atoms with Gasteiger partial charge in [-0.05, 0) is 37.2 Å². The SMILES string of the molecule is N#Cc1nc([C@@H]2C[C@@H]2c2ccccc2)oc1N1CCCCC1. The van der Waals surface area contributed by atoms with Crippen LogP contribution in [0.25, 0.3) is 0 Å². The minimum Gasteiger partial charge on any atom is -0.423 e. The number of anilines is 1. The zero-order valence-corrected chi connectivity index (χ0v) is 12.5. The molecule has 1 aromatic heterocycles. The van der Waals surface area contributed by atoms with Gasteiger partial charge in [0.25, 0.3) is 0 Å². The molecule has 112 valence electrons. The molecule has 2 atom stereocenters. The summed E-state index contributed by atoms with van der Waals surface area (Å²) in [6, 6.07) is 12.7. The summed E-state index contributed by atoms with van der Waals surface area (Å²) < 4.78 is 6.01. The maximum Gasteiger partial charge on any atom is 0.234 e. The molecule has 2 aromatic rings. The van der Waals surface area contributed by atoms with Crippen molar-refractivity contribution in [1.82, 2.24) is 4.98 Å². The molecule has 0 unspecified atom stereocenters. The van der Waals surface area contributed by atoms with Gasteiger partial charge < -0.3 is 9.32 Å². The molecule has 0 N–H and O–H groups in total. The van der Waals surface area contributed by atoms with Gasteiger partial charge >= 0.3 is 0 Å². The van der Waals surface area contributed by atoms with Crippen molar-refractivity contribution in [3.05, 3.63) is 47.5 Å². The van der Waals surface area contributed by atoms with E-state index in [1.807, 2.05) is 6.07 Å². The summed E-state index contributed by atoms with van der Waals surface area (Å²) in [7, 11) is 0. The van der Waals surface area contributed by atoms with E-state index in [9.17, 15) is 5.26 Å². The number of nitrogens with zero attached hydrogens (tertiary/aromatic N) is 3. The van der Waals surface area contributed by atoms with E-state index in [0.29, 0.717) is 23.4 Å². The van der Waals surface area contributed by atoms with Crippen LogP contribution in [0.15, 0.2) is 34.7 Å². The zero-order valence-electron chi connectivity index (χ0n) is 12.5. The fourth-order valence-corrected chi connectivity index (χ4v) is 3.41. The van der Waals surface area contributed by atoms with Crippen molar-refractivity contribution in [3.63, 3.8) is 0 Å². The Balaban J connectivity index is 1.57. The Morgan fingerprint density at radius 2 is 1.86 bits per heavy atom. The van der Waals surface area contributed by atoms with Crippen LogP contribution in [-0.4, -0.2) is 18.1 Å². The van der Waals surface area contributed by atoms with E-state index in [2.05, 4.69) is 40.2 Å². The first-order valence-electron chi connectivity index (χ1n) is 8.07. The molecule has 2 heterocycles. The van der Waals surface area contributed by atoms with Gasteiger partial charge in [-0.1, -0.05) is 30.3 Å². The third kappa shape index (κ3) is 2.37. The van der Waals surface area contributed by atoms with E-state index in [4.69, 9.17) is 4.42 Å². The monoisotopic (exact) mass is 293 g/mol. The van der Waals surface area contributed by atoms with E-state index >= 15 is 0 Å². The van der Waals surface area contributed by atoms with Gasteiger partial charge in [0.1, 0.15) is 6.07 Å². The number of piperidine rings is 1. The maximum absolute atomic E-state index is 9.35. The van der Waals surface area contributed by atoms with E-state index in [-0.39, 0.29) is 0 Å². The first-order valence-corrected chi connectivity index (χ1v) is 8.07. The average molecular weight is 293 g/mol. The normalized spacial score (nSPS) is 24.0. The van der Waals surface area contributed by atoms with Crippen molar-refractivity contribution in [2.45, 2.75) is 37.5 Å². The highest BCUT2D eigenvalue weighted by Crippen LogP contribution is 2.54. The zero-order chi connectivity index (χ0) is 14.9. The van der Waals surface area contributed by atoms with Crippen LogP contribution in [0.2, 0.25) is 0 Å². The van der Waals surface area contributed by atoms with Crippen LogP contribution in [-0.2, 0) is 0 Å². The third-order valence-corrected chi connectivity index (χ3v) is 4.71. The summed E-state index contributed by atoms with van der Waals surface area (Å²) in [5, 5.41) is 9.35. The highest BCUT2D eigenvalue weighted by atomic mass is 16.4. The number of nitriles is 1. The van der Waals surface area contributed by atoms with Gasteiger partial charge in [-0.2, -0.15) is 5.26 Å². The summed E-state index contributed by atoms with van der Waals surface area (Å²) >= 11 is 0. The Bertz CT molecular complexity index is 695. The Morgan fingerprint density at radius 3 is 2.59 bits per heavy atom. The molecule has 22 heavy (non-hydrogen) atoms. The lowest BCUT2D eigenvalue weighted by Gasteiger charge is -2.25. The molecule has 1 aliphatic carbocycles. The van der Waals surface area contributed by atoms with Crippen LogP contribution >= 0.6 is 0 Å². The summed E-state index contributed by atoms with van der Waals surface area (Å²) in [5.41, 5.74) is 1.79. The molecule has 4 nitrogen and oxygen atoms in total. The van der Waals surface area contributed by atoms with Crippen LogP contribution in [0.4, 0.5) is 5.88 Å². The molecule has 0 spiro atoms. The Hall–Kier alpha value is -2.28. The predicted octanol–water partition coefficient (Wildman–Crippen LogP) is 3.81. The minimum atomic E-state index is 0.327. The van der Waals surface area contributed by atoms with E-state index < -0.39 is 0 Å². The van der Waals surface area contributed by atoms with Crippen molar-refractivity contribution in [2.24, 2.45) is 0 Å². The molecular formula is C18H19N3O. The van der Waals surface area contributed by atoms with Crippen molar-refractivity contribution in [1.29, 1.82) is 5.26 Å². The van der Waals surface area contributed by atoms with E-state index in [1.54, 1.807) is 0 Å². The van der Waals surface area contributed by atoms with Crippen LogP contribution in [0.1, 0.15) is 54.7 Å². The third-order valence-electron chi connectivity index (χ3n) is 4.71. The predicted molar refractivity (Wildman–Crippen MR) is 83.8 cm³/mol. The summed E-state index contributed by atoms with van der Waals surface area (Å²) in [6.45, 7) is 1.94. The molecule has 0 radical (unpaired) electrons. The lowest BCUT2D eigenvalue weighted by molar-refractivity contribution is 0.463. The first kappa shape index (κ1) is 13.4. The smallest absolute Gasteiger partial charge is 0.234 e. The number of aromatic nitrogens is 1. The molecule has 1 saturated carbocycles. The number of hydrogen-bond acceptors (Lipinski definition) is 4. The number of benzene rings is 1. The summed E-state index contributed by atoms with van der Waals surface area (Å²) in [5.74, 6) is 2.25. The molecule has 4 heteroatoms. The standard InChI is InChI=1S/C18H19N3O/c19-12-16-18(21-9-5-2-6-10-21)22-17(20-16)15-11-14(15)13-7-3-1-4-8-13/h1,3-4,7-8,14-15H,2,5-6,9-11H2/t14-,15-/m1/s1. The number of hydrogen-bond donors (Lipinski definition) is 0. The van der Waals surface area contributed by atoms with Crippen LogP contribution < -0.4 is 4.90 Å². The maximum atomic E-state index is 9.35. The highest BCUT2D eigenvalue weighted by molar-refractivity contribution is 5.49. The molecule has 2 aliphatic rings. The van der Waals surface area contributed by atoms with E-state index in [0.717, 1.165) is 38.2 Å². The Kier molecular flexibility index (Phi) is 3.34. The van der Waals surface area contributed by atoms with Gasteiger partial charge in [-0.15, -0.1) is 0 Å².